The number of benzene rings is 2. The molecule has 4 rings (SSSR count). The van der Waals surface area contributed by atoms with Gasteiger partial charge in [-0.15, -0.1) is 0 Å². The number of rotatable bonds is 6. The van der Waals surface area contributed by atoms with Crippen LogP contribution in [0.5, 0.6) is 23.0 Å². The fourth-order valence-electron chi connectivity index (χ4n) is 4.11. The van der Waals surface area contributed by atoms with Crippen LogP contribution in [0.4, 0.5) is 10.5 Å². The lowest BCUT2D eigenvalue weighted by molar-refractivity contribution is 0.181. The van der Waals surface area contributed by atoms with Crippen molar-refractivity contribution in [2.24, 2.45) is 0 Å². The van der Waals surface area contributed by atoms with Crippen LogP contribution in [0.15, 0.2) is 54.7 Å². The fourth-order valence-corrected chi connectivity index (χ4v) is 4.11. The van der Waals surface area contributed by atoms with Crippen LogP contribution in [0.3, 0.4) is 0 Å². The molecule has 1 aromatic heterocycles. The van der Waals surface area contributed by atoms with E-state index in [0.717, 1.165) is 11.3 Å². The molecule has 8 nitrogen and oxygen atoms in total. The first-order valence-electron chi connectivity index (χ1n) is 10.3. The summed E-state index contributed by atoms with van der Waals surface area (Å²) in [5.41, 5.74) is 2.53. The number of anilines is 1. The van der Waals surface area contributed by atoms with Crippen LogP contribution >= 0.6 is 0 Å². The molecule has 0 radical (unpaired) electrons. The third-order valence-corrected chi connectivity index (χ3v) is 5.62. The highest BCUT2D eigenvalue weighted by molar-refractivity contribution is 5.90. The van der Waals surface area contributed by atoms with Crippen LogP contribution in [-0.2, 0) is 6.54 Å². The molecule has 0 spiro atoms. The summed E-state index contributed by atoms with van der Waals surface area (Å²) in [4.78, 5) is 15.2. The van der Waals surface area contributed by atoms with Gasteiger partial charge in [-0.05, 0) is 42.0 Å². The maximum atomic E-state index is 13.4. The third kappa shape index (κ3) is 3.91. The predicted molar refractivity (Wildman–Crippen MR) is 121 cm³/mol. The van der Waals surface area contributed by atoms with E-state index in [1.807, 2.05) is 53.6 Å². The van der Waals surface area contributed by atoms with E-state index in [1.54, 1.807) is 34.5 Å². The number of fused-ring (bicyclic) bond motifs is 1. The zero-order valence-corrected chi connectivity index (χ0v) is 18.6. The van der Waals surface area contributed by atoms with Gasteiger partial charge in [0.1, 0.15) is 5.75 Å². The molecular formula is C24H27N3O5. The molecule has 0 bridgehead atoms. The van der Waals surface area contributed by atoms with E-state index in [-0.39, 0.29) is 12.1 Å². The Bertz CT molecular complexity index is 1090. The summed E-state index contributed by atoms with van der Waals surface area (Å²) in [6.07, 6.45) is 2.03. The molecule has 168 valence electrons. The number of hydrogen-bond acceptors (Lipinski definition) is 5. The van der Waals surface area contributed by atoms with Crippen molar-refractivity contribution in [2.45, 2.75) is 12.6 Å². The number of nitrogens with one attached hydrogen (secondary N) is 1. The van der Waals surface area contributed by atoms with E-state index < -0.39 is 0 Å². The molecule has 0 aliphatic carbocycles. The second-order valence-corrected chi connectivity index (χ2v) is 7.34. The van der Waals surface area contributed by atoms with Crippen LogP contribution in [0.2, 0.25) is 0 Å². The molecule has 1 atom stereocenters. The third-order valence-electron chi connectivity index (χ3n) is 5.62. The number of carbonyl (C=O) groups is 1. The van der Waals surface area contributed by atoms with E-state index in [4.69, 9.17) is 18.9 Å². The molecule has 32 heavy (non-hydrogen) atoms. The standard InChI is InChI=1S/C24H27N3O5/c1-29-18-8-5-7-17(15-18)25-24(28)27-12-11-26-10-6-9-19(26)22(27)16-13-20(30-2)23(32-4)21(14-16)31-3/h5-10,13-15,22H,11-12H2,1-4H3,(H,25,28)/t22-/m1/s1. The molecule has 2 amide bonds. The first kappa shape index (κ1) is 21.4. The molecule has 2 heterocycles. The van der Waals surface area contributed by atoms with Crippen molar-refractivity contribution in [3.63, 3.8) is 0 Å². The van der Waals surface area contributed by atoms with Crippen molar-refractivity contribution < 1.29 is 23.7 Å². The molecule has 3 aromatic rings. The second-order valence-electron chi connectivity index (χ2n) is 7.34. The normalized spacial score (nSPS) is 15.0. The van der Waals surface area contributed by atoms with Gasteiger partial charge >= 0.3 is 6.03 Å². The Hall–Kier alpha value is -3.81. The lowest BCUT2D eigenvalue weighted by Crippen LogP contribution is -2.44. The highest BCUT2D eigenvalue weighted by Gasteiger charge is 2.33. The summed E-state index contributed by atoms with van der Waals surface area (Å²) in [5.74, 6) is 2.27. The van der Waals surface area contributed by atoms with E-state index in [9.17, 15) is 4.79 Å². The fraction of sp³-hybridized carbons (Fsp3) is 0.292. The van der Waals surface area contributed by atoms with Crippen molar-refractivity contribution in [3.05, 3.63) is 66.0 Å². The van der Waals surface area contributed by atoms with E-state index in [2.05, 4.69) is 9.88 Å². The van der Waals surface area contributed by atoms with Gasteiger partial charge in [0.05, 0.1) is 34.5 Å². The highest BCUT2D eigenvalue weighted by atomic mass is 16.5. The summed E-state index contributed by atoms with van der Waals surface area (Å²) >= 11 is 0. The van der Waals surface area contributed by atoms with Crippen molar-refractivity contribution in [2.75, 3.05) is 40.3 Å². The van der Waals surface area contributed by atoms with Gasteiger partial charge in [0.25, 0.3) is 0 Å². The lowest BCUT2D eigenvalue weighted by atomic mass is 9.99. The number of nitrogens with zero attached hydrogens (tertiary/aromatic N) is 2. The first-order valence-corrected chi connectivity index (χ1v) is 10.3. The highest BCUT2D eigenvalue weighted by Crippen LogP contribution is 2.43. The molecule has 0 fully saturated rings. The topological polar surface area (TPSA) is 74.2 Å². The Balaban J connectivity index is 1.74. The molecule has 0 saturated carbocycles. The van der Waals surface area contributed by atoms with Crippen molar-refractivity contribution in [3.8, 4) is 23.0 Å². The van der Waals surface area contributed by atoms with Gasteiger partial charge in [0.2, 0.25) is 5.75 Å². The zero-order chi connectivity index (χ0) is 22.7. The van der Waals surface area contributed by atoms with Crippen LogP contribution in [0, 0.1) is 0 Å². The maximum Gasteiger partial charge on any atom is 0.322 e. The average molecular weight is 437 g/mol. The van der Waals surface area contributed by atoms with Crippen LogP contribution in [0.25, 0.3) is 0 Å². The smallest absolute Gasteiger partial charge is 0.322 e. The second kappa shape index (κ2) is 9.13. The molecule has 0 unspecified atom stereocenters. The van der Waals surface area contributed by atoms with Crippen LogP contribution in [-0.4, -0.2) is 50.5 Å². The number of hydrogen-bond donors (Lipinski definition) is 1. The largest absolute Gasteiger partial charge is 0.497 e. The SMILES string of the molecule is COc1cccc(NC(=O)N2CCn3cccc3[C@H]2c2cc(OC)c(OC)c(OC)c2)c1. The molecule has 1 aliphatic heterocycles. The molecule has 1 aliphatic rings. The number of methoxy groups -OCH3 is 4. The van der Waals surface area contributed by atoms with Gasteiger partial charge in [-0.1, -0.05) is 6.07 Å². The van der Waals surface area contributed by atoms with Gasteiger partial charge in [-0.2, -0.15) is 0 Å². The molecule has 0 saturated heterocycles. The number of urea groups is 1. The molecular weight excluding hydrogens is 410 g/mol. The summed E-state index contributed by atoms with van der Waals surface area (Å²) in [5, 5.41) is 3.00. The van der Waals surface area contributed by atoms with Crippen molar-refractivity contribution in [1.29, 1.82) is 0 Å². The summed E-state index contributed by atoms with van der Waals surface area (Å²) in [6.45, 7) is 1.24. The Labute approximate surface area is 187 Å². The van der Waals surface area contributed by atoms with Gasteiger partial charge in [0, 0.05) is 36.7 Å². The zero-order valence-electron chi connectivity index (χ0n) is 18.6. The minimum absolute atomic E-state index is 0.204. The molecule has 8 heteroatoms. The van der Waals surface area contributed by atoms with Crippen LogP contribution in [0.1, 0.15) is 17.3 Å². The minimum Gasteiger partial charge on any atom is -0.497 e. The Kier molecular flexibility index (Phi) is 6.11. The number of aromatic nitrogens is 1. The number of carbonyl (C=O) groups excluding carboxylic acids is 1. The summed E-state index contributed by atoms with van der Waals surface area (Å²) in [7, 11) is 6.33. The quantitative estimate of drug-likeness (QED) is 0.627. The maximum absolute atomic E-state index is 13.4. The number of amides is 2. The van der Waals surface area contributed by atoms with Crippen molar-refractivity contribution >= 4 is 11.7 Å². The first-order chi connectivity index (χ1) is 15.6. The Morgan fingerprint density at radius 1 is 0.906 bits per heavy atom. The van der Waals surface area contributed by atoms with E-state index in [0.29, 0.717) is 41.8 Å². The van der Waals surface area contributed by atoms with Crippen LogP contribution < -0.4 is 24.3 Å². The monoisotopic (exact) mass is 437 g/mol. The van der Waals surface area contributed by atoms with Gasteiger partial charge in [0.15, 0.2) is 11.5 Å². The van der Waals surface area contributed by atoms with E-state index in [1.165, 1.54) is 0 Å². The van der Waals surface area contributed by atoms with E-state index >= 15 is 0 Å². The number of ether oxygens (including phenoxy) is 4. The Morgan fingerprint density at radius 3 is 2.31 bits per heavy atom. The Morgan fingerprint density at radius 2 is 1.66 bits per heavy atom. The van der Waals surface area contributed by atoms with Crippen molar-refractivity contribution in [1.82, 2.24) is 9.47 Å². The lowest BCUT2D eigenvalue weighted by Gasteiger charge is -2.37. The van der Waals surface area contributed by atoms with Gasteiger partial charge < -0.3 is 33.7 Å². The summed E-state index contributed by atoms with van der Waals surface area (Å²) < 4.78 is 24.0. The van der Waals surface area contributed by atoms with Gasteiger partial charge in [-0.3, -0.25) is 0 Å². The molecule has 1 N–H and O–H groups in total. The summed E-state index contributed by atoms with van der Waals surface area (Å²) in [6, 6.07) is 14.6. The van der Waals surface area contributed by atoms with Gasteiger partial charge in [-0.25, -0.2) is 4.79 Å². The molecule has 2 aromatic carbocycles. The average Bonchev–Trinajstić information content (AvgIpc) is 3.31. The predicted octanol–water partition coefficient (Wildman–Crippen LogP) is 4.16. The minimum atomic E-state index is -0.335.